The predicted molar refractivity (Wildman–Crippen MR) is 74.8 cm³/mol. The molecule has 1 aromatic rings. The van der Waals surface area contributed by atoms with Gasteiger partial charge in [0.25, 0.3) is 0 Å². The molecule has 2 nitrogen and oxygen atoms in total. The van der Waals surface area contributed by atoms with Crippen molar-refractivity contribution in [3.63, 3.8) is 0 Å². The van der Waals surface area contributed by atoms with Gasteiger partial charge in [0.1, 0.15) is 5.75 Å². The second-order valence-electron chi connectivity index (χ2n) is 4.38. The van der Waals surface area contributed by atoms with Gasteiger partial charge >= 0.3 is 0 Å². The van der Waals surface area contributed by atoms with Crippen LogP contribution < -0.4 is 10.1 Å². The van der Waals surface area contributed by atoms with E-state index in [-0.39, 0.29) is 0 Å². The van der Waals surface area contributed by atoms with Crippen molar-refractivity contribution >= 4 is 11.8 Å². The first-order valence-corrected chi connectivity index (χ1v) is 7.57. The molecule has 0 aliphatic carbocycles. The Morgan fingerprint density at radius 2 is 2.41 bits per heavy atom. The molecule has 94 valence electrons. The van der Waals surface area contributed by atoms with Crippen LogP contribution in [0.1, 0.15) is 25.3 Å². The van der Waals surface area contributed by atoms with E-state index in [0.29, 0.717) is 6.04 Å². The Labute approximate surface area is 108 Å². The van der Waals surface area contributed by atoms with Crippen LogP contribution in [0.25, 0.3) is 0 Å². The molecule has 17 heavy (non-hydrogen) atoms. The van der Waals surface area contributed by atoms with E-state index >= 15 is 0 Å². The molecule has 0 bridgehead atoms. The lowest BCUT2D eigenvalue weighted by molar-refractivity contribution is 0.339. The molecule has 1 fully saturated rings. The van der Waals surface area contributed by atoms with Crippen LogP contribution in [0.3, 0.4) is 0 Å². The highest BCUT2D eigenvalue weighted by Gasteiger charge is 2.12. The average Bonchev–Trinajstić information content (AvgIpc) is 2.39. The van der Waals surface area contributed by atoms with Crippen molar-refractivity contribution in [2.45, 2.75) is 32.4 Å². The number of benzene rings is 1. The molecule has 1 aliphatic rings. The Morgan fingerprint density at radius 3 is 3.18 bits per heavy atom. The molecule has 3 heteroatoms. The van der Waals surface area contributed by atoms with Crippen LogP contribution in [0.15, 0.2) is 24.3 Å². The Morgan fingerprint density at radius 1 is 1.47 bits per heavy atom. The topological polar surface area (TPSA) is 21.3 Å². The molecule has 2 rings (SSSR count). The van der Waals surface area contributed by atoms with Gasteiger partial charge in [-0.2, -0.15) is 11.8 Å². The molecular weight excluding hydrogens is 230 g/mol. The number of hydrogen-bond acceptors (Lipinski definition) is 3. The predicted octanol–water partition coefficient (Wildman–Crippen LogP) is 3.07. The lowest BCUT2D eigenvalue weighted by Crippen LogP contribution is -2.33. The van der Waals surface area contributed by atoms with Crippen LogP contribution in [0, 0.1) is 0 Å². The standard InChI is InChI=1S/C14H21NOS/c1-2-16-14-7-3-5-12(9-14)10-15-13-6-4-8-17-11-13/h3,5,7,9,13,15H,2,4,6,8,10-11H2,1H3. The molecule has 1 saturated heterocycles. The van der Waals surface area contributed by atoms with Gasteiger partial charge < -0.3 is 10.1 Å². The van der Waals surface area contributed by atoms with Crippen molar-refractivity contribution < 1.29 is 4.74 Å². The van der Waals surface area contributed by atoms with Crippen LogP contribution in [0.5, 0.6) is 5.75 Å². The lowest BCUT2D eigenvalue weighted by Gasteiger charge is -2.22. The summed E-state index contributed by atoms with van der Waals surface area (Å²) in [6.45, 7) is 3.70. The zero-order valence-electron chi connectivity index (χ0n) is 10.4. The van der Waals surface area contributed by atoms with E-state index in [0.717, 1.165) is 18.9 Å². The highest BCUT2D eigenvalue weighted by molar-refractivity contribution is 7.99. The van der Waals surface area contributed by atoms with E-state index in [2.05, 4.69) is 35.3 Å². The highest BCUT2D eigenvalue weighted by Crippen LogP contribution is 2.18. The third kappa shape index (κ3) is 4.25. The minimum absolute atomic E-state index is 0.685. The molecule has 1 aromatic carbocycles. The number of nitrogens with one attached hydrogen (secondary N) is 1. The maximum absolute atomic E-state index is 5.51. The van der Waals surface area contributed by atoms with Crippen LogP contribution >= 0.6 is 11.8 Å². The lowest BCUT2D eigenvalue weighted by atomic mass is 10.1. The monoisotopic (exact) mass is 251 g/mol. The minimum Gasteiger partial charge on any atom is -0.494 e. The van der Waals surface area contributed by atoms with Gasteiger partial charge in [0, 0.05) is 18.3 Å². The van der Waals surface area contributed by atoms with Crippen molar-refractivity contribution in [2.24, 2.45) is 0 Å². The third-order valence-corrected chi connectivity index (χ3v) is 4.18. The second-order valence-corrected chi connectivity index (χ2v) is 5.53. The molecular formula is C14H21NOS. The second kappa shape index (κ2) is 6.92. The molecule has 0 aromatic heterocycles. The maximum atomic E-state index is 5.51. The Balaban J connectivity index is 1.83. The van der Waals surface area contributed by atoms with Gasteiger partial charge in [0.2, 0.25) is 0 Å². The molecule has 1 heterocycles. The van der Waals surface area contributed by atoms with Crippen molar-refractivity contribution in [2.75, 3.05) is 18.1 Å². The van der Waals surface area contributed by atoms with Crippen molar-refractivity contribution in [3.8, 4) is 5.75 Å². The van der Waals surface area contributed by atoms with Crippen molar-refractivity contribution in [3.05, 3.63) is 29.8 Å². The molecule has 1 aliphatic heterocycles. The fourth-order valence-corrected chi connectivity index (χ4v) is 3.18. The summed E-state index contributed by atoms with van der Waals surface area (Å²) in [6, 6.07) is 9.06. The van der Waals surface area contributed by atoms with E-state index in [9.17, 15) is 0 Å². The van der Waals surface area contributed by atoms with E-state index in [1.54, 1.807) is 0 Å². The molecule has 0 saturated carbocycles. The molecule has 0 amide bonds. The number of rotatable bonds is 5. The van der Waals surface area contributed by atoms with Gasteiger partial charge in [0.05, 0.1) is 6.61 Å². The van der Waals surface area contributed by atoms with Crippen molar-refractivity contribution in [1.82, 2.24) is 5.32 Å². The fourth-order valence-electron chi connectivity index (χ4n) is 2.08. The van der Waals surface area contributed by atoms with Gasteiger partial charge in [-0.1, -0.05) is 12.1 Å². The minimum atomic E-state index is 0.685. The third-order valence-electron chi connectivity index (χ3n) is 2.96. The van der Waals surface area contributed by atoms with Crippen molar-refractivity contribution in [1.29, 1.82) is 0 Å². The Kier molecular flexibility index (Phi) is 5.20. The van der Waals surface area contributed by atoms with Crippen LogP contribution in [-0.4, -0.2) is 24.2 Å². The summed E-state index contributed by atoms with van der Waals surface area (Å²) in [5.41, 5.74) is 1.31. The van der Waals surface area contributed by atoms with Gasteiger partial charge in [0.15, 0.2) is 0 Å². The molecule has 0 spiro atoms. The fraction of sp³-hybridized carbons (Fsp3) is 0.571. The van der Waals surface area contributed by atoms with E-state index in [1.165, 1.54) is 29.9 Å². The first-order valence-electron chi connectivity index (χ1n) is 6.41. The van der Waals surface area contributed by atoms with Crippen LogP contribution in [-0.2, 0) is 6.54 Å². The summed E-state index contributed by atoms with van der Waals surface area (Å²) >= 11 is 2.06. The summed E-state index contributed by atoms with van der Waals surface area (Å²) in [5.74, 6) is 3.56. The van der Waals surface area contributed by atoms with Gasteiger partial charge in [-0.05, 0) is 43.2 Å². The van der Waals surface area contributed by atoms with Gasteiger partial charge in [-0.25, -0.2) is 0 Å². The zero-order chi connectivity index (χ0) is 11.9. The van der Waals surface area contributed by atoms with Gasteiger partial charge in [-0.3, -0.25) is 0 Å². The molecule has 1 N–H and O–H groups in total. The highest BCUT2D eigenvalue weighted by atomic mass is 32.2. The largest absolute Gasteiger partial charge is 0.494 e. The Hall–Kier alpha value is -0.670. The quantitative estimate of drug-likeness (QED) is 0.869. The summed E-state index contributed by atoms with van der Waals surface area (Å²) < 4.78 is 5.51. The number of hydrogen-bond donors (Lipinski definition) is 1. The van der Waals surface area contributed by atoms with E-state index in [1.807, 2.05) is 13.0 Å². The average molecular weight is 251 g/mol. The summed E-state index contributed by atoms with van der Waals surface area (Å²) in [6.07, 6.45) is 2.67. The molecule has 1 unspecified atom stereocenters. The first kappa shape index (κ1) is 12.8. The molecule has 0 radical (unpaired) electrons. The summed E-state index contributed by atoms with van der Waals surface area (Å²) in [4.78, 5) is 0. The maximum Gasteiger partial charge on any atom is 0.119 e. The first-order chi connectivity index (χ1) is 8.38. The number of thioether (sulfide) groups is 1. The molecule has 1 atom stereocenters. The zero-order valence-corrected chi connectivity index (χ0v) is 11.3. The van der Waals surface area contributed by atoms with E-state index < -0.39 is 0 Å². The SMILES string of the molecule is CCOc1cccc(CNC2CCCSC2)c1. The van der Waals surface area contributed by atoms with E-state index in [4.69, 9.17) is 4.74 Å². The van der Waals surface area contributed by atoms with Crippen LogP contribution in [0.4, 0.5) is 0 Å². The normalized spacial score (nSPS) is 20.2. The number of ether oxygens (including phenoxy) is 1. The smallest absolute Gasteiger partial charge is 0.119 e. The Bertz CT molecular complexity index is 337. The van der Waals surface area contributed by atoms with Crippen LogP contribution in [0.2, 0.25) is 0 Å². The summed E-state index contributed by atoms with van der Waals surface area (Å²) in [5, 5.41) is 3.63. The summed E-state index contributed by atoms with van der Waals surface area (Å²) in [7, 11) is 0. The van der Waals surface area contributed by atoms with Gasteiger partial charge in [-0.15, -0.1) is 0 Å².